The highest BCUT2D eigenvalue weighted by Gasteiger charge is 2.25. The Bertz CT molecular complexity index is 358. The molecule has 6 nitrogen and oxygen atoms in total. The van der Waals surface area contributed by atoms with Crippen LogP contribution in [0.15, 0.2) is 11.6 Å². The molecule has 0 saturated heterocycles. The Morgan fingerprint density at radius 2 is 2.17 bits per heavy atom. The topological polar surface area (TPSA) is 78.9 Å². The molecule has 18 heavy (non-hydrogen) atoms. The second kappa shape index (κ2) is 5.86. The van der Waals surface area contributed by atoms with Crippen molar-refractivity contribution in [1.82, 2.24) is 10.4 Å². The molecule has 1 aliphatic heterocycles. The van der Waals surface area contributed by atoms with E-state index in [9.17, 15) is 9.59 Å². The molecule has 0 aromatic carbocycles. The van der Waals surface area contributed by atoms with E-state index in [4.69, 9.17) is 9.94 Å². The van der Waals surface area contributed by atoms with E-state index in [2.05, 4.69) is 0 Å². The zero-order valence-corrected chi connectivity index (χ0v) is 11.0. The van der Waals surface area contributed by atoms with Crippen LogP contribution in [-0.2, 0) is 9.53 Å². The zero-order valence-electron chi connectivity index (χ0n) is 11.0. The van der Waals surface area contributed by atoms with Gasteiger partial charge in [0.15, 0.2) is 0 Å². The predicted molar refractivity (Wildman–Crippen MR) is 65.1 cm³/mol. The number of hydrogen-bond acceptors (Lipinski definition) is 4. The summed E-state index contributed by atoms with van der Waals surface area (Å²) < 4.78 is 5.25. The summed E-state index contributed by atoms with van der Waals surface area (Å²) in [6.07, 6.45) is 2.31. The minimum atomic E-state index is -0.503. The maximum absolute atomic E-state index is 11.8. The van der Waals surface area contributed by atoms with Gasteiger partial charge in [-0.05, 0) is 27.2 Å². The first-order chi connectivity index (χ1) is 8.31. The summed E-state index contributed by atoms with van der Waals surface area (Å²) in [6.45, 7) is 6.45. The second-order valence-corrected chi connectivity index (χ2v) is 5.26. The molecule has 0 radical (unpaired) electrons. The number of carbonyl (C=O) groups excluding carboxylic acids is 2. The Morgan fingerprint density at radius 1 is 1.50 bits per heavy atom. The van der Waals surface area contributed by atoms with E-state index in [-0.39, 0.29) is 12.5 Å². The van der Waals surface area contributed by atoms with E-state index in [0.29, 0.717) is 19.5 Å². The van der Waals surface area contributed by atoms with E-state index < -0.39 is 11.5 Å². The van der Waals surface area contributed by atoms with Gasteiger partial charge < -0.3 is 9.64 Å². The minimum Gasteiger partial charge on any atom is -0.444 e. The summed E-state index contributed by atoms with van der Waals surface area (Å²) in [5, 5.41) is 8.37. The Morgan fingerprint density at radius 3 is 2.72 bits per heavy atom. The van der Waals surface area contributed by atoms with Gasteiger partial charge in [-0.1, -0.05) is 11.6 Å². The molecular weight excluding hydrogens is 236 g/mol. The van der Waals surface area contributed by atoms with E-state index in [1.807, 2.05) is 26.8 Å². The number of nitrogens with one attached hydrogen (secondary N) is 1. The number of hydrogen-bond donors (Lipinski definition) is 2. The molecule has 6 heteroatoms. The van der Waals surface area contributed by atoms with Crippen molar-refractivity contribution in [2.24, 2.45) is 0 Å². The molecule has 0 bridgehead atoms. The van der Waals surface area contributed by atoms with Gasteiger partial charge >= 0.3 is 6.09 Å². The van der Waals surface area contributed by atoms with Crippen molar-refractivity contribution in [3.05, 3.63) is 11.6 Å². The van der Waals surface area contributed by atoms with Gasteiger partial charge in [-0.25, -0.2) is 10.3 Å². The Kier molecular flexibility index (Phi) is 4.72. The fraction of sp³-hybridized carbons (Fsp3) is 0.667. The van der Waals surface area contributed by atoms with E-state index in [1.54, 1.807) is 10.4 Å². The first-order valence-corrected chi connectivity index (χ1v) is 5.90. The highest BCUT2D eigenvalue weighted by molar-refractivity contribution is 5.75. The molecule has 102 valence electrons. The second-order valence-electron chi connectivity index (χ2n) is 5.26. The molecule has 0 aromatic heterocycles. The smallest absolute Gasteiger partial charge is 0.410 e. The van der Waals surface area contributed by atoms with E-state index in [0.717, 1.165) is 5.57 Å². The van der Waals surface area contributed by atoms with Crippen molar-refractivity contribution in [3.63, 3.8) is 0 Å². The number of carbonyl (C=O) groups is 2. The van der Waals surface area contributed by atoms with Crippen LogP contribution in [0.4, 0.5) is 4.79 Å². The summed E-state index contributed by atoms with van der Waals surface area (Å²) in [4.78, 5) is 24.2. The van der Waals surface area contributed by atoms with Crippen molar-refractivity contribution in [2.75, 3.05) is 13.1 Å². The van der Waals surface area contributed by atoms with Crippen LogP contribution in [0.3, 0.4) is 0 Å². The maximum atomic E-state index is 11.8. The third kappa shape index (κ3) is 4.75. The van der Waals surface area contributed by atoms with Gasteiger partial charge in [0.1, 0.15) is 5.60 Å². The lowest BCUT2D eigenvalue weighted by Crippen LogP contribution is -2.35. The number of rotatable bonds is 3. The Labute approximate surface area is 107 Å². The number of amides is 2. The van der Waals surface area contributed by atoms with Crippen molar-refractivity contribution in [2.45, 2.75) is 39.2 Å². The lowest BCUT2D eigenvalue weighted by atomic mass is 10.1. The minimum absolute atomic E-state index is 0.213. The van der Waals surface area contributed by atoms with Gasteiger partial charge in [-0.3, -0.25) is 10.0 Å². The van der Waals surface area contributed by atoms with Gasteiger partial charge in [0.05, 0.1) is 0 Å². The molecule has 0 aromatic rings. The summed E-state index contributed by atoms with van der Waals surface area (Å²) >= 11 is 0. The summed E-state index contributed by atoms with van der Waals surface area (Å²) in [5.74, 6) is -0.424. The van der Waals surface area contributed by atoms with E-state index in [1.165, 1.54) is 0 Å². The summed E-state index contributed by atoms with van der Waals surface area (Å²) in [7, 11) is 0. The average molecular weight is 256 g/mol. The van der Waals surface area contributed by atoms with Crippen molar-refractivity contribution >= 4 is 12.0 Å². The highest BCUT2D eigenvalue weighted by atomic mass is 16.6. The molecule has 0 saturated carbocycles. The standard InChI is InChI=1S/C12H20N2O4/c1-12(2,3)18-11(16)14-7-6-9(8-14)4-5-10(15)13-17/h6,17H,4-5,7-8H2,1-3H3,(H,13,15). The van der Waals surface area contributed by atoms with Crippen LogP contribution in [0.25, 0.3) is 0 Å². The number of ether oxygens (including phenoxy) is 1. The van der Waals surface area contributed by atoms with Crippen molar-refractivity contribution < 1.29 is 19.5 Å². The lowest BCUT2D eigenvalue weighted by molar-refractivity contribution is -0.129. The van der Waals surface area contributed by atoms with Crippen LogP contribution in [0.2, 0.25) is 0 Å². The quantitative estimate of drug-likeness (QED) is 0.455. The van der Waals surface area contributed by atoms with Crippen LogP contribution in [0, 0.1) is 0 Å². The van der Waals surface area contributed by atoms with Crippen LogP contribution in [0.1, 0.15) is 33.6 Å². The van der Waals surface area contributed by atoms with Crippen LogP contribution in [0.5, 0.6) is 0 Å². The first-order valence-electron chi connectivity index (χ1n) is 5.90. The lowest BCUT2D eigenvalue weighted by Gasteiger charge is -2.24. The fourth-order valence-electron chi connectivity index (χ4n) is 1.59. The predicted octanol–water partition coefficient (Wildman–Crippen LogP) is 1.45. The van der Waals surface area contributed by atoms with Gasteiger partial charge in [0, 0.05) is 19.5 Å². The molecular formula is C12H20N2O4. The first kappa shape index (κ1) is 14.5. The molecule has 1 rings (SSSR count). The molecule has 1 heterocycles. The fourth-order valence-corrected chi connectivity index (χ4v) is 1.59. The van der Waals surface area contributed by atoms with Gasteiger partial charge in [-0.15, -0.1) is 0 Å². The van der Waals surface area contributed by atoms with Crippen molar-refractivity contribution in [3.8, 4) is 0 Å². The molecule has 0 spiro atoms. The third-order valence-electron chi connectivity index (χ3n) is 2.44. The van der Waals surface area contributed by atoms with Crippen molar-refractivity contribution in [1.29, 1.82) is 0 Å². The molecule has 0 unspecified atom stereocenters. The monoisotopic (exact) mass is 256 g/mol. The zero-order chi connectivity index (χ0) is 13.8. The largest absolute Gasteiger partial charge is 0.444 e. The number of nitrogens with zero attached hydrogens (tertiary/aromatic N) is 1. The average Bonchev–Trinajstić information content (AvgIpc) is 2.72. The van der Waals surface area contributed by atoms with E-state index >= 15 is 0 Å². The number of hydroxylamine groups is 1. The summed E-state index contributed by atoms with van der Waals surface area (Å²) in [6, 6.07) is 0. The Hall–Kier alpha value is -1.56. The maximum Gasteiger partial charge on any atom is 0.410 e. The van der Waals surface area contributed by atoms with Crippen LogP contribution in [-0.4, -0.2) is 40.8 Å². The molecule has 1 aliphatic rings. The highest BCUT2D eigenvalue weighted by Crippen LogP contribution is 2.17. The van der Waals surface area contributed by atoms with Gasteiger partial charge in [-0.2, -0.15) is 0 Å². The summed E-state index contributed by atoms with van der Waals surface area (Å²) in [5.41, 5.74) is 2.08. The molecule has 0 atom stereocenters. The molecule has 2 amide bonds. The molecule has 2 N–H and O–H groups in total. The van der Waals surface area contributed by atoms with Crippen LogP contribution < -0.4 is 5.48 Å². The normalized spacial score (nSPS) is 15.3. The molecule has 0 fully saturated rings. The van der Waals surface area contributed by atoms with Gasteiger partial charge in [0.2, 0.25) is 5.91 Å². The van der Waals surface area contributed by atoms with Crippen LogP contribution >= 0.6 is 0 Å². The van der Waals surface area contributed by atoms with Gasteiger partial charge in [0.25, 0.3) is 0 Å². The molecule has 0 aliphatic carbocycles. The third-order valence-corrected chi connectivity index (χ3v) is 2.44. The Balaban J connectivity index is 2.35. The SMILES string of the molecule is CC(C)(C)OC(=O)N1CC=C(CCC(=O)NO)C1.